The number of methoxy groups -OCH3 is 1. The van der Waals surface area contributed by atoms with Gasteiger partial charge in [-0.1, -0.05) is 38.3 Å². The van der Waals surface area contributed by atoms with E-state index < -0.39 is 0 Å². The van der Waals surface area contributed by atoms with Gasteiger partial charge in [0.2, 0.25) is 0 Å². The topological polar surface area (TPSA) is 67.4 Å². The number of carbonyl (C=O) groups excluding carboxylic acids is 1. The first-order valence-corrected chi connectivity index (χ1v) is 8.53. The van der Waals surface area contributed by atoms with Crippen LogP contribution in [0.3, 0.4) is 0 Å². The Morgan fingerprint density at radius 3 is 2.88 bits per heavy atom. The van der Waals surface area contributed by atoms with E-state index in [0.29, 0.717) is 18.1 Å². The van der Waals surface area contributed by atoms with E-state index in [2.05, 4.69) is 33.3 Å². The fourth-order valence-corrected chi connectivity index (χ4v) is 2.66. The lowest BCUT2D eigenvalue weighted by molar-refractivity contribution is 0.0948. The highest BCUT2D eigenvalue weighted by atomic mass is 16.5. The second-order valence-corrected chi connectivity index (χ2v) is 5.85. The summed E-state index contributed by atoms with van der Waals surface area (Å²) in [6, 6.07) is 1.74. The summed E-state index contributed by atoms with van der Waals surface area (Å²) < 4.78 is 5.43. The number of anilines is 1. The first-order valence-electron chi connectivity index (χ1n) is 8.53. The molecule has 1 amide bonds. The van der Waals surface area contributed by atoms with Gasteiger partial charge in [-0.05, 0) is 12.8 Å². The van der Waals surface area contributed by atoms with Crippen LogP contribution in [0.25, 0.3) is 5.57 Å². The minimum absolute atomic E-state index is 0.179. The summed E-state index contributed by atoms with van der Waals surface area (Å²) in [5.74, 6) is 0.995. The lowest BCUT2D eigenvalue weighted by atomic mass is 10.2. The molecular weight excluding hydrogens is 316 g/mol. The van der Waals surface area contributed by atoms with Crippen LogP contribution in [0.5, 0.6) is 0 Å². The Labute approximate surface area is 149 Å². The quantitative estimate of drug-likeness (QED) is 0.736. The number of ether oxygens (including phenoxy) is 1. The van der Waals surface area contributed by atoms with Gasteiger partial charge < -0.3 is 15.0 Å². The molecule has 0 aromatic carbocycles. The van der Waals surface area contributed by atoms with E-state index in [-0.39, 0.29) is 12.0 Å². The maximum Gasteiger partial charge on any atom is 0.270 e. The van der Waals surface area contributed by atoms with Gasteiger partial charge in [0.25, 0.3) is 5.91 Å². The molecule has 0 aliphatic carbocycles. The first kappa shape index (κ1) is 18.9. The van der Waals surface area contributed by atoms with E-state index >= 15 is 0 Å². The zero-order valence-corrected chi connectivity index (χ0v) is 15.0. The predicted molar refractivity (Wildman–Crippen MR) is 101 cm³/mol. The molecule has 1 aromatic rings. The standard InChI is InChI=1S/C19H26N4O2/c1-5-8-14(7-3)18-21-16(19(24)20-10-6-2)12-17(22-18)23-11-9-15(13-23)25-4/h5,7-8,12,15H,1,3,6,9-11,13H2,2,4H3,(H,20,24)/b14-8+/t15-/m0/s1. The number of amides is 1. The molecule has 25 heavy (non-hydrogen) atoms. The monoisotopic (exact) mass is 342 g/mol. The van der Waals surface area contributed by atoms with Gasteiger partial charge >= 0.3 is 0 Å². The number of rotatable bonds is 8. The minimum Gasteiger partial charge on any atom is -0.380 e. The van der Waals surface area contributed by atoms with Gasteiger partial charge in [-0.3, -0.25) is 4.79 Å². The van der Waals surface area contributed by atoms with Crippen LogP contribution < -0.4 is 10.2 Å². The van der Waals surface area contributed by atoms with Gasteiger partial charge in [-0.25, -0.2) is 9.97 Å². The summed E-state index contributed by atoms with van der Waals surface area (Å²) in [4.78, 5) is 23.6. The van der Waals surface area contributed by atoms with Crippen molar-refractivity contribution in [1.29, 1.82) is 0 Å². The lowest BCUT2D eigenvalue weighted by Crippen LogP contribution is -2.28. The molecule has 0 radical (unpaired) electrons. The number of nitrogens with zero attached hydrogens (tertiary/aromatic N) is 3. The van der Waals surface area contributed by atoms with Crippen LogP contribution in [-0.4, -0.2) is 48.7 Å². The van der Waals surface area contributed by atoms with Crippen LogP contribution in [0, 0.1) is 0 Å². The second-order valence-electron chi connectivity index (χ2n) is 5.85. The molecule has 0 unspecified atom stereocenters. The van der Waals surface area contributed by atoms with Gasteiger partial charge in [0.1, 0.15) is 11.5 Å². The van der Waals surface area contributed by atoms with Crippen molar-refractivity contribution in [2.24, 2.45) is 0 Å². The molecule has 0 saturated carbocycles. The molecule has 1 aliphatic heterocycles. The van der Waals surface area contributed by atoms with Crippen molar-refractivity contribution in [3.05, 3.63) is 49.0 Å². The normalized spacial score (nSPS) is 17.4. The van der Waals surface area contributed by atoms with Crippen LogP contribution in [0.15, 0.2) is 37.5 Å². The van der Waals surface area contributed by atoms with E-state index in [1.165, 1.54) is 0 Å². The van der Waals surface area contributed by atoms with E-state index in [0.717, 1.165) is 37.3 Å². The number of nitrogens with one attached hydrogen (secondary N) is 1. The Morgan fingerprint density at radius 1 is 1.48 bits per heavy atom. The fraction of sp³-hybridized carbons (Fsp3) is 0.421. The summed E-state index contributed by atoms with van der Waals surface area (Å²) in [5, 5.41) is 2.86. The molecule has 1 saturated heterocycles. The highest BCUT2D eigenvalue weighted by Gasteiger charge is 2.25. The summed E-state index contributed by atoms with van der Waals surface area (Å²) in [7, 11) is 1.71. The number of allylic oxidation sites excluding steroid dienone is 4. The molecule has 0 spiro atoms. The largest absolute Gasteiger partial charge is 0.380 e. The average Bonchev–Trinajstić information content (AvgIpc) is 3.13. The highest BCUT2D eigenvalue weighted by Crippen LogP contribution is 2.23. The molecular formula is C19H26N4O2. The van der Waals surface area contributed by atoms with Crippen molar-refractivity contribution in [3.63, 3.8) is 0 Å². The summed E-state index contributed by atoms with van der Waals surface area (Å²) in [5.41, 5.74) is 1.08. The van der Waals surface area contributed by atoms with Crippen LogP contribution in [0.4, 0.5) is 5.82 Å². The maximum absolute atomic E-state index is 12.4. The molecule has 1 aromatic heterocycles. The van der Waals surface area contributed by atoms with Crippen molar-refractivity contribution in [2.45, 2.75) is 25.9 Å². The smallest absolute Gasteiger partial charge is 0.270 e. The number of hydrogen-bond donors (Lipinski definition) is 1. The van der Waals surface area contributed by atoms with Gasteiger partial charge in [0.15, 0.2) is 5.82 Å². The Kier molecular flexibility index (Phi) is 6.89. The molecule has 1 fully saturated rings. The summed E-state index contributed by atoms with van der Waals surface area (Å²) >= 11 is 0. The summed E-state index contributed by atoms with van der Waals surface area (Å²) in [6.07, 6.45) is 7.08. The Balaban J connectivity index is 2.40. The second kappa shape index (κ2) is 9.13. The van der Waals surface area contributed by atoms with E-state index in [4.69, 9.17) is 4.74 Å². The fourth-order valence-electron chi connectivity index (χ4n) is 2.66. The zero-order valence-electron chi connectivity index (χ0n) is 15.0. The van der Waals surface area contributed by atoms with Crippen molar-refractivity contribution in [3.8, 4) is 0 Å². The Hall–Kier alpha value is -2.47. The summed E-state index contributed by atoms with van der Waals surface area (Å²) in [6.45, 7) is 11.7. The van der Waals surface area contributed by atoms with Gasteiger partial charge in [-0.2, -0.15) is 0 Å². The third kappa shape index (κ3) is 4.76. The predicted octanol–water partition coefficient (Wildman–Crippen LogP) is 2.60. The molecule has 0 bridgehead atoms. The third-order valence-electron chi connectivity index (χ3n) is 4.06. The lowest BCUT2D eigenvalue weighted by Gasteiger charge is -2.19. The SMILES string of the molecule is C=C/C=C(\C=C)c1nc(C(=O)NCCC)cc(N2CC[C@H](OC)C2)n1. The number of aromatic nitrogens is 2. The van der Waals surface area contributed by atoms with Crippen LogP contribution in [0.2, 0.25) is 0 Å². The van der Waals surface area contributed by atoms with Crippen LogP contribution >= 0.6 is 0 Å². The molecule has 6 nitrogen and oxygen atoms in total. The Bertz CT molecular complexity index is 669. The van der Waals surface area contributed by atoms with E-state index in [9.17, 15) is 4.79 Å². The van der Waals surface area contributed by atoms with Crippen molar-refractivity contribution in [2.75, 3.05) is 31.6 Å². The molecule has 2 heterocycles. The zero-order chi connectivity index (χ0) is 18.2. The first-order chi connectivity index (χ1) is 12.1. The van der Waals surface area contributed by atoms with Crippen molar-refractivity contribution >= 4 is 17.3 Å². The van der Waals surface area contributed by atoms with Gasteiger partial charge in [0.05, 0.1) is 6.10 Å². The van der Waals surface area contributed by atoms with E-state index in [1.807, 2.05) is 6.92 Å². The number of hydrogen-bond acceptors (Lipinski definition) is 5. The third-order valence-corrected chi connectivity index (χ3v) is 4.06. The Morgan fingerprint density at radius 2 is 2.28 bits per heavy atom. The average molecular weight is 342 g/mol. The van der Waals surface area contributed by atoms with Gasteiger partial charge in [0, 0.05) is 38.4 Å². The highest BCUT2D eigenvalue weighted by molar-refractivity contribution is 5.93. The van der Waals surface area contributed by atoms with Crippen LogP contribution in [-0.2, 0) is 4.74 Å². The minimum atomic E-state index is -0.198. The molecule has 1 N–H and O–H groups in total. The van der Waals surface area contributed by atoms with E-state index in [1.54, 1.807) is 31.4 Å². The van der Waals surface area contributed by atoms with Crippen molar-refractivity contribution in [1.82, 2.24) is 15.3 Å². The van der Waals surface area contributed by atoms with Crippen molar-refractivity contribution < 1.29 is 9.53 Å². The molecule has 2 rings (SSSR count). The number of carbonyl (C=O) groups is 1. The maximum atomic E-state index is 12.4. The molecule has 1 aliphatic rings. The molecule has 1 atom stereocenters. The van der Waals surface area contributed by atoms with Gasteiger partial charge in [-0.15, -0.1) is 0 Å². The molecule has 6 heteroatoms. The van der Waals surface area contributed by atoms with Crippen LogP contribution in [0.1, 0.15) is 36.1 Å². The molecule has 134 valence electrons.